The van der Waals surface area contributed by atoms with Gasteiger partial charge in [0, 0.05) is 11.1 Å². The van der Waals surface area contributed by atoms with Crippen LogP contribution >= 0.6 is 0 Å². The first-order chi connectivity index (χ1) is 11.7. The summed E-state index contributed by atoms with van der Waals surface area (Å²) in [7, 11) is 0. The molecular formula is C17H19F2N3O3. The summed E-state index contributed by atoms with van der Waals surface area (Å²) >= 11 is 0. The molecule has 2 unspecified atom stereocenters. The van der Waals surface area contributed by atoms with Crippen LogP contribution in [0.1, 0.15) is 29.8 Å². The number of carbonyl (C=O) groups excluding carboxylic acids is 2. The number of hydrogen-bond donors (Lipinski definition) is 4. The lowest BCUT2D eigenvalue weighted by Gasteiger charge is -2.32. The highest BCUT2D eigenvalue weighted by Gasteiger charge is 2.44. The molecule has 0 spiro atoms. The Morgan fingerprint density at radius 3 is 2.40 bits per heavy atom. The van der Waals surface area contributed by atoms with Gasteiger partial charge in [0.05, 0.1) is 0 Å². The Bertz CT molecular complexity index is 704. The first-order valence-corrected chi connectivity index (χ1v) is 7.28. The Morgan fingerprint density at radius 2 is 1.92 bits per heavy atom. The van der Waals surface area contributed by atoms with Crippen molar-refractivity contribution in [2.24, 2.45) is 5.73 Å². The standard InChI is InChI=1S/C17H19F2N3O3/c1-3-4-5-6-11-7-9-12(10-8-11)14(23)21-13(15(24)22-25)17(2,20)16(18)19/h3-4,7-10,13,16,25H,20H2,1-2H3,(H,21,23)(H,22,24)/b4-3+. The van der Waals surface area contributed by atoms with E-state index in [9.17, 15) is 18.4 Å². The van der Waals surface area contributed by atoms with Crippen LogP contribution < -0.4 is 16.5 Å². The summed E-state index contributed by atoms with van der Waals surface area (Å²) in [6.07, 6.45) is 0.318. The van der Waals surface area contributed by atoms with Gasteiger partial charge in [-0.3, -0.25) is 14.8 Å². The summed E-state index contributed by atoms with van der Waals surface area (Å²) < 4.78 is 26.1. The molecule has 1 aromatic rings. The van der Waals surface area contributed by atoms with Crippen LogP contribution in [0.2, 0.25) is 0 Å². The summed E-state index contributed by atoms with van der Waals surface area (Å²) in [5, 5.41) is 10.8. The normalized spacial score (nSPS) is 14.4. The molecule has 0 saturated carbocycles. The number of allylic oxidation sites excluding steroid dienone is 2. The third kappa shape index (κ3) is 5.38. The summed E-state index contributed by atoms with van der Waals surface area (Å²) in [6.45, 7) is 2.73. The molecule has 1 aromatic carbocycles. The fourth-order valence-corrected chi connectivity index (χ4v) is 1.82. The molecule has 6 nitrogen and oxygen atoms in total. The van der Waals surface area contributed by atoms with Crippen molar-refractivity contribution in [3.8, 4) is 11.8 Å². The smallest absolute Gasteiger partial charge is 0.268 e. The van der Waals surface area contributed by atoms with E-state index in [-0.39, 0.29) is 5.56 Å². The maximum absolute atomic E-state index is 13.1. The van der Waals surface area contributed by atoms with Gasteiger partial charge in [-0.15, -0.1) is 0 Å². The number of halogens is 2. The second-order valence-electron chi connectivity index (χ2n) is 5.40. The van der Waals surface area contributed by atoms with E-state index in [1.165, 1.54) is 17.6 Å². The van der Waals surface area contributed by atoms with Gasteiger partial charge in [-0.05, 0) is 44.2 Å². The first-order valence-electron chi connectivity index (χ1n) is 7.28. The van der Waals surface area contributed by atoms with E-state index in [2.05, 4.69) is 17.2 Å². The van der Waals surface area contributed by atoms with Gasteiger partial charge < -0.3 is 11.1 Å². The molecule has 0 aliphatic rings. The molecule has 8 heteroatoms. The molecule has 0 radical (unpaired) electrons. The summed E-state index contributed by atoms with van der Waals surface area (Å²) in [4.78, 5) is 23.8. The molecule has 134 valence electrons. The zero-order valence-electron chi connectivity index (χ0n) is 13.7. The van der Waals surface area contributed by atoms with E-state index < -0.39 is 29.8 Å². The van der Waals surface area contributed by atoms with Gasteiger partial charge in [-0.2, -0.15) is 0 Å². The van der Waals surface area contributed by atoms with Gasteiger partial charge in [0.1, 0.15) is 11.6 Å². The summed E-state index contributed by atoms with van der Waals surface area (Å²) in [6, 6.07) is 4.17. The molecule has 0 aliphatic carbocycles. The Hall–Kier alpha value is -2.76. The van der Waals surface area contributed by atoms with Crippen molar-refractivity contribution in [1.29, 1.82) is 0 Å². The molecule has 0 aliphatic heterocycles. The van der Waals surface area contributed by atoms with E-state index in [0.29, 0.717) is 5.56 Å². The Balaban J connectivity index is 2.98. The lowest BCUT2D eigenvalue weighted by molar-refractivity contribution is -0.134. The second kappa shape index (κ2) is 8.92. The summed E-state index contributed by atoms with van der Waals surface area (Å²) in [5.74, 6) is 3.57. The second-order valence-corrected chi connectivity index (χ2v) is 5.40. The fourth-order valence-electron chi connectivity index (χ4n) is 1.82. The van der Waals surface area contributed by atoms with E-state index >= 15 is 0 Å². The predicted molar refractivity (Wildman–Crippen MR) is 87.9 cm³/mol. The molecule has 0 heterocycles. The van der Waals surface area contributed by atoms with Crippen LogP contribution in [-0.2, 0) is 4.79 Å². The highest BCUT2D eigenvalue weighted by Crippen LogP contribution is 2.18. The lowest BCUT2D eigenvalue weighted by atomic mass is 9.92. The van der Waals surface area contributed by atoms with Gasteiger partial charge in [0.2, 0.25) is 0 Å². The largest absolute Gasteiger partial charge is 0.338 e. The quantitative estimate of drug-likeness (QED) is 0.363. The molecule has 0 bridgehead atoms. The highest BCUT2D eigenvalue weighted by atomic mass is 19.3. The fraction of sp³-hybridized carbons (Fsp3) is 0.294. The molecule has 2 amide bonds. The Morgan fingerprint density at radius 1 is 1.32 bits per heavy atom. The van der Waals surface area contributed by atoms with Crippen molar-refractivity contribution >= 4 is 11.8 Å². The average molecular weight is 351 g/mol. The van der Waals surface area contributed by atoms with Crippen LogP contribution in [0.5, 0.6) is 0 Å². The number of hydrogen-bond acceptors (Lipinski definition) is 4. The predicted octanol–water partition coefficient (Wildman–Crippen LogP) is 1.20. The zero-order chi connectivity index (χ0) is 19.0. The van der Waals surface area contributed by atoms with Crippen molar-refractivity contribution in [1.82, 2.24) is 10.8 Å². The van der Waals surface area contributed by atoms with Crippen LogP contribution in [0, 0.1) is 11.8 Å². The molecule has 1 rings (SSSR count). The first kappa shape index (κ1) is 20.3. The summed E-state index contributed by atoms with van der Waals surface area (Å²) in [5.41, 5.74) is 5.06. The number of alkyl halides is 2. The number of hydroxylamine groups is 1. The molecule has 2 atom stereocenters. The Labute approximate surface area is 144 Å². The minimum Gasteiger partial charge on any atom is -0.338 e. The van der Waals surface area contributed by atoms with Crippen LogP contribution in [0.4, 0.5) is 8.78 Å². The van der Waals surface area contributed by atoms with Gasteiger partial charge in [0.15, 0.2) is 0 Å². The number of nitrogens with two attached hydrogens (primary N) is 1. The van der Waals surface area contributed by atoms with Crippen molar-refractivity contribution in [3.63, 3.8) is 0 Å². The SMILES string of the molecule is C/C=C/C#Cc1ccc(C(=O)NC(C(=O)NO)C(C)(N)C(F)F)cc1. The van der Waals surface area contributed by atoms with Crippen LogP contribution in [0.3, 0.4) is 0 Å². The molecule has 0 aromatic heterocycles. The van der Waals surface area contributed by atoms with Crippen molar-refractivity contribution in [2.45, 2.75) is 31.9 Å². The van der Waals surface area contributed by atoms with E-state index in [0.717, 1.165) is 6.92 Å². The minimum absolute atomic E-state index is 0.123. The number of carbonyl (C=O) groups is 2. The molecule has 25 heavy (non-hydrogen) atoms. The monoisotopic (exact) mass is 351 g/mol. The van der Waals surface area contributed by atoms with Crippen molar-refractivity contribution in [3.05, 3.63) is 47.5 Å². The lowest BCUT2D eigenvalue weighted by Crippen LogP contribution is -2.66. The zero-order valence-corrected chi connectivity index (χ0v) is 13.7. The van der Waals surface area contributed by atoms with Gasteiger partial charge in [-0.25, -0.2) is 14.3 Å². The topological polar surface area (TPSA) is 104 Å². The van der Waals surface area contributed by atoms with Gasteiger partial charge in [-0.1, -0.05) is 17.9 Å². The van der Waals surface area contributed by atoms with Crippen molar-refractivity contribution in [2.75, 3.05) is 0 Å². The minimum atomic E-state index is -3.11. The number of nitrogens with one attached hydrogen (secondary N) is 2. The molecular weight excluding hydrogens is 332 g/mol. The number of rotatable bonds is 5. The Kier molecular flexibility index (Phi) is 7.23. The molecule has 0 fully saturated rings. The maximum atomic E-state index is 13.1. The van der Waals surface area contributed by atoms with Gasteiger partial charge in [0.25, 0.3) is 18.2 Å². The number of amides is 2. The van der Waals surface area contributed by atoms with Crippen molar-refractivity contribution < 1.29 is 23.6 Å². The van der Waals surface area contributed by atoms with Crippen LogP contribution in [-0.4, -0.2) is 35.0 Å². The van der Waals surface area contributed by atoms with Crippen LogP contribution in [0.25, 0.3) is 0 Å². The average Bonchev–Trinajstić information content (AvgIpc) is 2.59. The maximum Gasteiger partial charge on any atom is 0.268 e. The molecule has 5 N–H and O–H groups in total. The highest BCUT2D eigenvalue weighted by molar-refractivity contribution is 5.98. The number of benzene rings is 1. The van der Waals surface area contributed by atoms with E-state index in [1.807, 2.05) is 6.92 Å². The van der Waals surface area contributed by atoms with Gasteiger partial charge >= 0.3 is 0 Å². The molecule has 0 saturated heterocycles. The van der Waals surface area contributed by atoms with E-state index in [4.69, 9.17) is 10.9 Å². The van der Waals surface area contributed by atoms with Crippen LogP contribution in [0.15, 0.2) is 36.4 Å². The van der Waals surface area contributed by atoms with E-state index in [1.54, 1.807) is 24.3 Å². The third-order valence-electron chi connectivity index (χ3n) is 3.35. The third-order valence-corrected chi connectivity index (χ3v) is 3.35.